The molecule has 0 saturated carbocycles. The predicted octanol–water partition coefficient (Wildman–Crippen LogP) is -0.0880. The molecule has 2 unspecified atom stereocenters. The maximum absolute atomic E-state index is 13.1. The minimum Gasteiger partial charge on any atom is -0.748 e. The third-order valence-corrected chi connectivity index (χ3v) is 3.35. The fourth-order valence-corrected chi connectivity index (χ4v) is 2.22. The molecule has 8 heteroatoms. The van der Waals surface area contributed by atoms with Gasteiger partial charge in [-0.3, -0.25) is 4.39 Å². The standard InChI is InChI=1S/C11H21F3O3S.Na/c12-8-6-4-2-1-3-5-7-10(13)11(14)9-18(15,16)17;/h10-11H,1-9H2,(H,15,16,17);/q;+1/p-1. The molecule has 0 fully saturated rings. The first-order chi connectivity index (χ1) is 8.37. The van der Waals surface area contributed by atoms with Gasteiger partial charge in [-0.15, -0.1) is 0 Å². The molecule has 2 atom stereocenters. The molecule has 0 aromatic heterocycles. The van der Waals surface area contributed by atoms with Gasteiger partial charge in [0.25, 0.3) is 0 Å². The molecular formula is C11H20F3NaO3S. The van der Waals surface area contributed by atoms with Crippen LogP contribution in [-0.2, 0) is 10.1 Å². The zero-order chi connectivity index (χ0) is 14.0. The molecule has 0 heterocycles. The third kappa shape index (κ3) is 14.9. The predicted molar refractivity (Wildman–Crippen MR) is 62.7 cm³/mol. The molecule has 0 bridgehead atoms. The van der Waals surface area contributed by atoms with Crippen LogP contribution in [0.25, 0.3) is 0 Å². The summed E-state index contributed by atoms with van der Waals surface area (Å²) in [5, 5.41) is 0. The van der Waals surface area contributed by atoms with Crippen molar-refractivity contribution >= 4 is 10.1 Å². The fourth-order valence-electron chi connectivity index (χ4n) is 1.62. The van der Waals surface area contributed by atoms with Crippen molar-refractivity contribution in [1.29, 1.82) is 0 Å². The van der Waals surface area contributed by atoms with E-state index in [-0.39, 0.29) is 42.7 Å². The number of hydrogen-bond acceptors (Lipinski definition) is 3. The molecule has 3 nitrogen and oxygen atoms in total. The number of hydrogen-bond donors (Lipinski definition) is 0. The average Bonchev–Trinajstić information content (AvgIpc) is 2.25. The van der Waals surface area contributed by atoms with Crippen molar-refractivity contribution in [2.24, 2.45) is 0 Å². The van der Waals surface area contributed by atoms with E-state index in [0.717, 1.165) is 19.3 Å². The minimum atomic E-state index is -4.71. The Labute approximate surface area is 135 Å². The van der Waals surface area contributed by atoms with Gasteiger partial charge in [0.15, 0.2) is 0 Å². The second kappa shape index (κ2) is 12.4. The smallest absolute Gasteiger partial charge is 0.748 e. The van der Waals surface area contributed by atoms with E-state index >= 15 is 0 Å². The fraction of sp³-hybridized carbons (Fsp3) is 1.00. The van der Waals surface area contributed by atoms with Crippen molar-refractivity contribution in [3.8, 4) is 0 Å². The second-order valence-corrected chi connectivity index (χ2v) is 5.80. The Morgan fingerprint density at radius 1 is 0.895 bits per heavy atom. The Balaban J connectivity index is 0. The molecule has 0 spiro atoms. The Morgan fingerprint density at radius 2 is 1.37 bits per heavy atom. The van der Waals surface area contributed by atoms with E-state index in [1.54, 1.807) is 0 Å². The monoisotopic (exact) mass is 312 g/mol. The van der Waals surface area contributed by atoms with Crippen molar-refractivity contribution in [2.45, 2.75) is 57.3 Å². The van der Waals surface area contributed by atoms with Gasteiger partial charge in [-0.05, 0) is 12.8 Å². The summed E-state index contributed by atoms with van der Waals surface area (Å²) in [6.07, 6.45) is -0.0914. The summed E-state index contributed by atoms with van der Waals surface area (Å²) in [4.78, 5) is 0. The van der Waals surface area contributed by atoms with Gasteiger partial charge in [0.2, 0.25) is 0 Å². The Kier molecular flexibility index (Phi) is 14.4. The quantitative estimate of drug-likeness (QED) is 0.304. The number of rotatable bonds is 11. The van der Waals surface area contributed by atoms with E-state index in [4.69, 9.17) is 0 Å². The van der Waals surface area contributed by atoms with Crippen molar-refractivity contribution in [3.63, 3.8) is 0 Å². The van der Waals surface area contributed by atoms with E-state index in [9.17, 15) is 26.1 Å². The van der Waals surface area contributed by atoms with Crippen molar-refractivity contribution < 1.29 is 55.7 Å². The van der Waals surface area contributed by atoms with Crippen molar-refractivity contribution in [2.75, 3.05) is 12.4 Å². The number of halogens is 3. The van der Waals surface area contributed by atoms with Crippen LogP contribution in [0.1, 0.15) is 44.9 Å². The van der Waals surface area contributed by atoms with Gasteiger partial charge in [0.1, 0.15) is 12.3 Å². The summed E-state index contributed by atoms with van der Waals surface area (Å²) in [6, 6.07) is 0. The van der Waals surface area contributed by atoms with Gasteiger partial charge >= 0.3 is 29.6 Å². The molecule has 0 saturated heterocycles. The molecule has 0 rings (SSSR count). The van der Waals surface area contributed by atoms with Gasteiger partial charge in [-0.25, -0.2) is 17.2 Å². The van der Waals surface area contributed by atoms with Gasteiger partial charge in [0.05, 0.1) is 22.5 Å². The minimum absolute atomic E-state index is 0. The first-order valence-corrected chi connectivity index (χ1v) is 7.72. The van der Waals surface area contributed by atoms with Crippen LogP contribution in [0.15, 0.2) is 0 Å². The average molecular weight is 312 g/mol. The van der Waals surface area contributed by atoms with Crippen LogP contribution in [0.3, 0.4) is 0 Å². The Morgan fingerprint density at radius 3 is 1.84 bits per heavy atom. The molecule has 0 N–H and O–H groups in total. The molecule has 0 aliphatic carbocycles. The van der Waals surface area contributed by atoms with E-state index < -0.39 is 28.2 Å². The molecule has 110 valence electrons. The summed E-state index contributed by atoms with van der Waals surface area (Å²) >= 11 is 0. The van der Waals surface area contributed by atoms with Crippen LogP contribution < -0.4 is 29.6 Å². The maximum Gasteiger partial charge on any atom is 1.00 e. The Bertz CT molecular complexity index is 302. The zero-order valence-electron chi connectivity index (χ0n) is 11.3. The van der Waals surface area contributed by atoms with Crippen LogP contribution in [0.2, 0.25) is 0 Å². The molecule has 0 radical (unpaired) electrons. The molecular weight excluding hydrogens is 292 g/mol. The van der Waals surface area contributed by atoms with Crippen LogP contribution in [0, 0.1) is 0 Å². The van der Waals surface area contributed by atoms with Gasteiger partial charge in [-0.1, -0.05) is 32.1 Å². The van der Waals surface area contributed by atoms with Gasteiger partial charge in [-0.2, -0.15) is 0 Å². The SMILES string of the molecule is O=S(=O)([O-])CC(F)C(F)CCCCCCCCF.[Na+]. The van der Waals surface area contributed by atoms with E-state index in [2.05, 4.69) is 0 Å². The van der Waals surface area contributed by atoms with Crippen LogP contribution in [-0.4, -0.2) is 37.7 Å². The summed E-state index contributed by atoms with van der Waals surface area (Å²) < 4.78 is 68.5. The summed E-state index contributed by atoms with van der Waals surface area (Å²) in [7, 11) is -4.71. The number of alkyl halides is 3. The topological polar surface area (TPSA) is 57.2 Å². The molecule has 19 heavy (non-hydrogen) atoms. The largest absolute Gasteiger partial charge is 1.00 e. The second-order valence-electron chi connectivity index (χ2n) is 4.36. The first-order valence-electron chi connectivity index (χ1n) is 6.14. The molecule has 0 aliphatic rings. The molecule has 0 amide bonds. The zero-order valence-corrected chi connectivity index (χ0v) is 14.1. The van der Waals surface area contributed by atoms with E-state index in [1.165, 1.54) is 0 Å². The van der Waals surface area contributed by atoms with Crippen molar-refractivity contribution in [1.82, 2.24) is 0 Å². The normalized spacial score (nSPS) is 14.7. The van der Waals surface area contributed by atoms with Crippen LogP contribution in [0.4, 0.5) is 13.2 Å². The van der Waals surface area contributed by atoms with Crippen LogP contribution >= 0.6 is 0 Å². The summed E-state index contributed by atoms with van der Waals surface area (Å²) in [5.41, 5.74) is 0. The maximum atomic E-state index is 13.1. The van der Waals surface area contributed by atoms with Crippen LogP contribution in [0.5, 0.6) is 0 Å². The Hall–Kier alpha value is 0.700. The molecule has 0 aromatic rings. The van der Waals surface area contributed by atoms with E-state index in [0.29, 0.717) is 19.3 Å². The summed E-state index contributed by atoms with van der Waals surface area (Å²) in [5.74, 6) is -1.30. The van der Waals surface area contributed by atoms with Gasteiger partial charge < -0.3 is 4.55 Å². The van der Waals surface area contributed by atoms with Gasteiger partial charge in [0, 0.05) is 0 Å². The summed E-state index contributed by atoms with van der Waals surface area (Å²) in [6.45, 7) is -0.334. The molecule has 0 aliphatic heterocycles. The third-order valence-electron chi connectivity index (χ3n) is 2.62. The number of unbranched alkanes of at least 4 members (excludes halogenated alkanes) is 5. The van der Waals surface area contributed by atoms with Crippen molar-refractivity contribution in [3.05, 3.63) is 0 Å². The molecule has 0 aromatic carbocycles. The first kappa shape index (κ1) is 22.0. The van der Waals surface area contributed by atoms with E-state index in [1.807, 2.05) is 0 Å².